The lowest BCUT2D eigenvalue weighted by Crippen LogP contribution is -2.39. The van der Waals surface area contributed by atoms with Gasteiger partial charge in [-0.25, -0.2) is 4.98 Å². The summed E-state index contributed by atoms with van der Waals surface area (Å²) < 4.78 is 0. The lowest BCUT2D eigenvalue weighted by atomic mass is 9.93. The summed E-state index contributed by atoms with van der Waals surface area (Å²) in [5, 5.41) is 6.04. The molecule has 1 amide bonds. The molecule has 1 aliphatic heterocycles. The molecule has 0 radical (unpaired) electrons. The summed E-state index contributed by atoms with van der Waals surface area (Å²) in [7, 11) is 1.99. The van der Waals surface area contributed by atoms with E-state index < -0.39 is 0 Å². The fraction of sp³-hybridized carbons (Fsp3) is 0.474. The van der Waals surface area contributed by atoms with Crippen LogP contribution in [0.25, 0.3) is 10.6 Å². The monoisotopic (exact) mass is 343 g/mol. The zero-order valence-electron chi connectivity index (χ0n) is 14.4. The van der Waals surface area contributed by atoms with Gasteiger partial charge in [-0.3, -0.25) is 4.79 Å². The number of rotatable bonds is 5. The lowest BCUT2D eigenvalue weighted by Gasteiger charge is -2.31. The second-order valence-corrected chi connectivity index (χ2v) is 7.34. The zero-order chi connectivity index (χ0) is 16.9. The zero-order valence-corrected chi connectivity index (χ0v) is 15.2. The minimum atomic E-state index is 0.0816. The van der Waals surface area contributed by atoms with Gasteiger partial charge in [-0.2, -0.15) is 0 Å². The molecule has 1 aliphatic rings. The number of nitrogens with zero attached hydrogens (tertiary/aromatic N) is 2. The predicted octanol–water partition coefficient (Wildman–Crippen LogP) is 3.58. The van der Waals surface area contributed by atoms with E-state index in [2.05, 4.69) is 29.4 Å². The first-order valence-corrected chi connectivity index (χ1v) is 9.52. The molecule has 1 aromatic carbocycles. The summed E-state index contributed by atoms with van der Waals surface area (Å²) in [5.41, 5.74) is 2.90. The molecule has 5 heteroatoms. The molecule has 0 atom stereocenters. The number of hydrogen-bond acceptors (Lipinski definition) is 4. The third-order valence-corrected chi connectivity index (χ3v) is 5.68. The summed E-state index contributed by atoms with van der Waals surface area (Å²) >= 11 is 1.55. The molecule has 3 rings (SSSR count). The van der Waals surface area contributed by atoms with Crippen molar-refractivity contribution in [1.29, 1.82) is 0 Å². The molecule has 0 saturated carbocycles. The summed E-state index contributed by atoms with van der Waals surface area (Å²) in [4.78, 5) is 19.3. The van der Waals surface area contributed by atoms with E-state index in [1.54, 1.807) is 11.3 Å². The number of aryl methyl sites for hydroxylation is 1. The van der Waals surface area contributed by atoms with E-state index in [-0.39, 0.29) is 5.91 Å². The van der Waals surface area contributed by atoms with Crippen molar-refractivity contribution in [3.63, 3.8) is 0 Å². The Bertz CT molecular complexity index is 689. The second-order valence-electron chi connectivity index (χ2n) is 6.48. The predicted molar refractivity (Wildman–Crippen MR) is 99.5 cm³/mol. The quantitative estimate of drug-likeness (QED) is 0.902. The Morgan fingerprint density at radius 3 is 2.79 bits per heavy atom. The van der Waals surface area contributed by atoms with E-state index in [0.717, 1.165) is 49.0 Å². The molecular weight excluding hydrogens is 318 g/mol. The summed E-state index contributed by atoms with van der Waals surface area (Å²) in [5.74, 6) is 0.817. The van der Waals surface area contributed by atoms with Crippen LogP contribution in [0.2, 0.25) is 0 Å². The van der Waals surface area contributed by atoms with Crippen molar-refractivity contribution in [2.75, 3.05) is 26.7 Å². The van der Waals surface area contributed by atoms with Crippen molar-refractivity contribution in [1.82, 2.24) is 15.2 Å². The normalized spacial score (nSPS) is 15.7. The van der Waals surface area contributed by atoms with Crippen LogP contribution in [0, 0.1) is 12.8 Å². The first kappa shape index (κ1) is 17.1. The van der Waals surface area contributed by atoms with Gasteiger partial charge >= 0.3 is 0 Å². The first-order chi connectivity index (χ1) is 11.7. The third kappa shape index (κ3) is 3.84. The standard InChI is InChI=1S/C19H25N3OS/c1-14-5-3-4-6-16(14)18-21-17(13-24-18)19(23)22-11-8-15(9-12-22)7-10-20-2/h3-6,13,15,20H,7-12H2,1-2H3. The fourth-order valence-corrected chi connectivity index (χ4v) is 4.13. The maximum Gasteiger partial charge on any atom is 0.273 e. The van der Waals surface area contributed by atoms with Crippen molar-refractivity contribution < 1.29 is 4.79 Å². The Balaban J connectivity index is 1.64. The smallest absolute Gasteiger partial charge is 0.273 e. The highest BCUT2D eigenvalue weighted by Crippen LogP contribution is 2.28. The van der Waals surface area contributed by atoms with Gasteiger partial charge in [-0.1, -0.05) is 24.3 Å². The van der Waals surface area contributed by atoms with Crippen molar-refractivity contribution >= 4 is 17.2 Å². The molecule has 1 N–H and O–H groups in total. The molecule has 0 bridgehead atoms. The first-order valence-electron chi connectivity index (χ1n) is 8.64. The Kier molecular flexibility index (Phi) is 5.63. The van der Waals surface area contributed by atoms with Crippen LogP contribution in [-0.2, 0) is 0 Å². The summed E-state index contributed by atoms with van der Waals surface area (Å²) in [6.45, 7) is 4.84. The fourth-order valence-electron chi connectivity index (χ4n) is 3.24. The molecule has 0 aliphatic carbocycles. The van der Waals surface area contributed by atoms with Crippen LogP contribution in [0.5, 0.6) is 0 Å². The van der Waals surface area contributed by atoms with Crippen LogP contribution in [0.1, 0.15) is 35.3 Å². The average molecular weight is 343 g/mol. The highest BCUT2D eigenvalue weighted by atomic mass is 32.1. The molecular formula is C19H25N3OS. The Labute approximate surface area is 147 Å². The summed E-state index contributed by atoms with van der Waals surface area (Å²) in [6, 6.07) is 8.18. The number of nitrogens with one attached hydrogen (secondary N) is 1. The minimum absolute atomic E-state index is 0.0816. The number of amides is 1. The molecule has 2 heterocycles. The van der Waals surface area contributed by atoms with Crippen LogP contribution in [-0.4, -0.2) is 42.5 Å². The van der Waals surface area contributed by atoms with E-state index in [1.165, 1.54) is 12.0 Å². The molecule has 2 aromatic rings. The number of carbonyl (C=O) groups excluding carboxylic acids is 1. The second kappa shape index (κ2) is 7.90. The topological polar surface area (TPSA) is 45.2 Å². The van der Waals surface area contributed by atoms with E-state index in [9.17, 15) is 4.79 Å². The van der Waals surface area contributed by atoms with Gasteiger partial charge in [0.25, 0.3) is 5.91 Å². The van der Waals surface area contributed by atoms with Gasteiger partial charge in [0.1, 0.15) is 10.7 Å². The van der Waals surface area contributed by atoms with Crippen molar-refractivity contribution in [2.24, 2.45) is 5.92 Å². The van der Waals surface area contributed by atoms with Gasteiger partial charge in [-0.15, -0.1) is 11.3 Å². The van der Waals surface area contributed by atoms with Gasteiger partial charge in [0.15, 0.2) is 0 Å². The van der Waals surface area contributed by atoms with Gasteiger partial charge in [0.05, 0.1) is 0 Å². The van der Waals surface area contributed by atoms with E-state index in [0.29, 0.717) is 5.69 Å². The van der Waals surface area contributed by atoms with Crippen LogP contribution < -0.4 is 5.32 Å². The van der Waals surface area contributed by atoms with Gasteiger partial charge in [0, 0.05) is 24.0 Å². The Morgan fingerprint density at radius 1 is 1.33 bits per heavy atom. The van der Waals surface area contributed by atoms with Crippen molar-refractivity contribution in [3.8, 4) is 10.6 Å². The van der Waals surface area contributed by atoms with Crippen LogP contribution in [0.3, 0.4) is 0 Å². The molecule has 128 valence electrons. The minimum Gasteiger partial charge on any atom is -0.337 e. The van der Waals surface area contributed by atoms with E-state index >= 15 is 0 Å². The molecule has 24 heavy (non-hydrogen) atoms. The highest BCUT2D eigenvalue weighted by molar-refractivity contribution is 7.13. The summed E-state index contributed by atoms with van der Waals surface area (Å²) in [6.07, 6.45) is 3.40. The number of benzene rings is 1. The van der Waals surface area contributed by atoms with Gasteiger partial charge in [-0.05, 0) is 51.3 Å². The van der Waals surface area contributed by atoms with Crippen molar-refractivity contribution in [3.05, 3.63) is 40.9 Å². The number of carbonyl (C=O) groups is 1. The van der Waals surface area contributed by atoms with Crippen LogP contribution >= 0.6 is 11.3 Å². The van der Waals surface area contributed by atoms with Crippen LogP contribution in [0.4, 0.5) is 0 Å². The van der Waals surface area contributed by atoms with E-state index in [1.807, 2.05) is 29.5 Å². The number of aromatic nitrogens is 1. The SMILES string of the molecule is CNCCC1CCN(C(=O)c2csc(-c3ccccc3C)n2)CC1. The molecule has 0 spiro atoms. The number of likely N-dealkylation sites (tertiary alicyclic amines) is 1. The Morgan fingerprint density at radius 2 is 2.08 bits per heavy atom. The maximum absolute atomic E-state index is 12.7. The van der Waals surface area contributed by atoms with Gasteiger partial charge < -0.3 is 10.2 Å². The Hall–Kier alpha value is -1.72. The molecule has 0 unspecified atom stereocenters. The number of thiazole rings is 1. The largest absolute Gasteiger partial charge is 0.337 e. The molecule has 1 fully saturated rings. The number of hydrogen-bond donors (Lipinski definition) is 1. The third-order valence-electron chi connectivity index (χ3n) is 4.80. The molecule has 4 nitrogen and oxygen atoms in total. The van der Waals surface area contributed by atoms with Crippen molar-refractivity contribution in [2.45, 2.75) is 26.2 Å². The van der Waals surface area contributed by atoms with E-state index in [4.69, 9.17) is 0 Å². The lowest BCUT2D eigenvalue weighted by molar-refractivity contribution is 0.0682. The molecule has 1 aromatic heterocycles. The van der Waals surface area contributed by atoms with Gasteiger partial charge in [0.2, 0.25) is 0 Å². The van der Waals surface area contributed by atoms with Crippen LogP contribution in [0.15, 0.2) is 29.6 Å². The molecule has 1 saturated heterocycles. The highest BCUT2D eigenvalue weighted by Gasteiger charge is 2.25. The number of piperidine rings is 1. The maximum atomic E-state index is 12.7. The average Bonchev–Trinajstić information content (AvgIpc) is 3.10.